The first kappa shape index (κ1) is 22.1. The minimum absolute atomic E-state index is 0.00941. The van der Waals surface area contributed by atoms with E-state index in [2.05, 4.69) is 54.5 Å². The fraction of sp³-hybridized carbons (Fsp3) is 0.381. The van der Waals surface area contributed by atoms with Crippen LogP contribution in [0.15, 0.2) is 37.1 Å². The molecule has 1 aliphatic heterocycles. The highest BCUT2D eigenvalue weighted by Gasteiger charge is 2.35. The number of hydrogen-bond donors (Lipinski definition) is 3. The third-order valence-corrected chi connectivity index (χ3v) is 5.97. The second kappa shape index (κ2) is 8.24. The van der Waals surface area contributed by atoms with Gasteiger partial charge < -0.3 is 15.5 Å². The summed E-state index contributed by atoms with van der Waals surface area (Å²) >= 11 is 0. The Labute approximate surface area is 192 Å². The summed E-state index contributed by atoms with van der Waals surface area (Å²) in [5.41, 5.74) is 0.619. The van der Waals surface area contributed by atoms with Gasteiger partial charge in [0, 0.05) is 49.7 Å². The summed E-state index contributed by atoms with van der Waals surface area (Å²) in [6.07, 6.45) is 2.53. The molecule has 0 saturated carbocycles. The lowest BCUT2D eigenvalue weighted by Crippen LogP contribution is -2.56. The van der Waals surface area contributed by atoms with E-state index in [1.54, 1.807) is 13.2 Å². The topological polar surface area (TPSA) is 112 Å². The van der Waals surface area contributed by atoms with Crippen LogP contribution in [-0.4, -0.2) is 60.2 Å². The van der Waals surface area contributed by atoms with E-state index in [0.717, 1.165) is 18.0 Å². The molecule has 3 N–H and O–H groups in total. The average molecular weight is 472 g/mol. The van der Waals surface area contributed by atoms with Crippen LogP contribution in [0.2, 0.25) is 0 Å². The number of H-pyrrole nitrogens is 1. The maximum absolute atomic E-state index is 13.3. The van der Waals surface area contributed by atoms with Gasteiger partial charge in [0.1, 0.15) is 17.3 Å². The maximum Gasteiger partial charge on any atom is 0.434 e. The monoisotopic (exact) mass is 472 g/mol. The van der Waals surface area contributed by atoms with Crippen molar-refractivity contribution in [2.45, 2.75) is 38.1 Å². The number of nitrogens with one attached hydrogen (secondary N) is 3. The summed E-state index contributed by atoms with van der Waals surface area (Å²) in [5.74, 6) is 1.45. The van der Waals surface area contributed by atoms with Crippen LogP contribution in [0, 0.1) is 0 Å². The van der Waals surface area contributed by atoms with Crippen molar-refractivity contribution in [2.75, 3.05) is 23.8 Å². The molecule has 34 heavy (non-hydrogen) atoms. The number of anilines is 2. The van der Waals surface area contributed by atoms with Gasteiger partial charge >= 0.3 is 6.18 Å². The summed E-state index contributed by atoms with van der Waals surface area (Å²) in [6, 6.07) is 2.01. The van der Waals surface area contributed by atoms with Gasteiger partial charge in [-0.3, -0.25) is 9.50 Å². The molecule has 1 saturated heterocycles. The Balaban J connectivity index is 1.59. The van der Waals surface area contributed by atoms with E-state index in [0.29, 0.717) is 23.9 Å². The number of nitrogens with zero attached hydrogens (tertiary/aromatic N) is 7. The summed E-state index contributed by atoms with van der Waals surface area (Å²) in [6.45, 7) is 4.86. The second-order valence-corrected chi connectivity index (χ2v) is 8.30. The Hall–Kier alpha value is -3.74. The van der Waals surface area contributed by atoms with Gasteiger partial charge in [-0.25, -0.2) is 19.9 Å². The van der Waals surface area contributed by atoms with Crippen LogP contribution in [-0.2, 0) is 6.18 Å². The average Bonchev–Trinajstić information content (AvgIpc) is 3.49. The van der Waals surface area contributed by atoms with Crippen molar-refractivity contribution in [3.8, 4) is 11.5 Å². The second-order valence-electron chi connectivity index (χ2n) is 8.30. The van der Waals surface area contributed by atoms with Crippen LogP contribution < -0.4 is 15.5 Å². The van der Waals surface area contributed by atoms with E-state index in [-0.39, 0.29) is 29.6 Å². The molecule has 5 heterocycles. The molecule has 5 rings (SSSR count). The fourth-order valence-electron chi connectivity index (χ4n) is 4.27. The summed E-state index contributed by atoms with van der Waals surface area (Å²) in [4.78, 5) is 19.1. The van der Waals surface area contributed by atoms with Gasteiger partial charge in [-0.2, -0.15) is 18.3 Å². The lowest BCUT2D eigenvalue weighted by atomic mass is 9.97. The van der Waals surface area contributed by atoms with Crippen molar-refractivity contribution in [3.63, 3.8) is 0 Å². The molecular formula is C21H23F3N10. The van der Waals surface area contributed by atoms with E-state index in [1.807, 2.05) is 12.3 Å². The predicted molar refractivity (Wildman–Crippen MR) is 119 cm³/mol. The zero-order valence-corrected chi connectivity index (χ0v) is 18.7. The molecule has 13 heteroatoms. The molecule has 178 valence electrons. The minimum atomic E-state index is -4.58. The van der Waals surface area contributed by atoms with E-state index in [1.165, 1.54) is 10.6 Å². The first-order valence-electron chi connectivity index (χ1n) is 10.7. The smallest absolute Gasteiger partial charge is 0.373 e. The third kappa shape index (κ3) is 3.91. The van der Waals surface area contributed by atoms with E-state index in [4.69, 9.17) is 4.98 Å². The van der Waals surface area contributed by atoms with Crippen LogP contribution >= 0.6 is 0 Å². The number of piperazine rings is 1. The highest BCUT2D eigenvalue weighted by Crippen LogP contribution is 2.32. The third-order valence-electron chi connectivity index (χ3n) is 5.97. The highest BCUT2D eigenvalue weighted by molar-refractivity contribution is 5.62. The van der Waals surface area contributed by atoms with Gasteiger partial charge in [0.15, 0.2) is 17.2 Å². The van der Waals surface area contributed by atoms with E-state index in [9.17, 15) is 13.2 Å². The largest absolute Gasteiger partial charge is 0.434 e. The molecule has 10 nitrogen and oxygen atoms in total. The molecule has 1 aliphatic rings. The lowest BCUT2D eigenvalue weighted by molar-refractivity contribution is -0.141. The van der Waals surface area contributed by atoms with Crippen LogP contribution in [0.25, 0.3) is 17.2 Å². The lowest BCUT2D eigenvalue weighted by Gasteiger charge is -2.43. The van der Waals surface area contributed by atoms with Crippen molar-refractivity contribution in [1.29, 1.82) is 0 Å². The Morgan fingerprint density at radius 2 is 1.94 bits per heavy atom. The number of imidazole rings is 1. The van der Waals surface area contributed by atoms with Gasteiger partial charge in [0.05, 0.1) is 24.6 Å². The van der Waals surface area contributed by atoms with E-state index >= 15 is 0 Å². The molecule has 0 bridgehead atoms. The van der Waals surface area contributed by atoms with Crippen molar-refractivity contribution in [3.05, 3.63) is 48.3 Å². The summed E-state index contributed by atoms with van der Waals surface area (Å²) in [5, 5.41) is 13.5. The van der Waals surface area contributed by atoms with Gasteiger partial charge in [-0.05, 0) is 13.8 Å². The standard InChI is InChI=1S/C21H23F3N10/c1-11-9-33(12(2)19(30-11)13-5-28-29-6-13)17-4-16(25-3)31-20(32-17)14-7-27-18-8-26-15(10-34(14)18)21(22,23)24/h4-8,10-12,19,30H,9H2,1-3H3,(H,28,29)(H,25,31,32). The number of halogens is 3. The Kier molecular flexibility index (Phi) is 5.35. The molecule has 0 spiro atoms. The molecule has 0 aliphatic carbocycles. The number of fused-ring (bicyclic) bond motifs is 1. The number of rotatable bonds is 4. The molecule has 4 aromatic heterocycles. The SMILES string of the molecule is CNc1cc(N2CC(C)NC(c3cn[nH]c3)C2C)nc(-c2cnc3cnc(C(F)(F)F)cn23)n1. The summed E-state index contributed by atoms with van der Waals surface area (Å²) in [7, 11) is 1.73. The van der Waals surface area contributed by atoms with Crippen LogP contribution in [0.1, 0.15) is 31.1 Å². The first-order valence-corrected chi connectivity index (χ1v) is 10.7. The van der Waals surface area contributed by atoms with Gasteiger partial charge in [-0.1, -0.05) is 0 Å². The summed E-state index contributed by atoms with van der Waals surface area (Å²) < 4.78 is 41.1. The van der Waals surface area contributed by atoms with Gasteiger partial charge in [-0.15, -0.1) is 0 Å². The van der Waals surface area contributed by atoms with Gasteiger partial charge in [0.2, 0.25) is 0 Å². The molecular weight excluding hydrogens is 449 g/mol. The predicted octanol–water partition coefficient (Wildman–Crippen LogP) is 2.90. The zero-order valence-electron chi connectivity index (χ0n) is 18.7. The number of aromatic nitrogens is 7. The molecule has 0 amide bonds. The molecule has 0 radical (unpaired) electrons. The highest BCUT2D eigenvalue weighted by atomic mass is 19.4. The fourth-order valence-corrected chi connectivity index (χ4v) is 4.27. The van der Waals surface area contributed by atoms with Crippen molar-refractivity contribution >= 4 is 17.3 Å². The molecule has 1 fully saturated rings. The molecule has 3 atom stereocenters. The Morgan fingerprint density at radius 1 is 1.12 bits per heavy atom. The Morgan fingerprint density at radius 3 is 2.65 bits per heavy atom. The number of hydrogen-bond acceptors (Lipinski definition) is 8. The minimum Gasteiger partial charge on any atom is -0.373 e. The normalized spacial score (nSPS) is 21.2. The van der Waals surface area contributed by atoms with Crippen molar-refractivity contribution in [1.82, 2.24) is 39.9 Å². The van der Waals surface area contributed by atoms with Crippen molar-refractivity contribution in [2.24, 2.45) is 0 Å². The number of aromatic amines is 1. The van der Waals surface area contributed by atoms with Crippen molar-refractivity contribution < 1.29 is 13.2 Å². The van der Waals surface area contributed by atoms with Crippen LogP contribution in [0.3, 0.4) is 0 Å². The van der Waals surface area contributed by atoms with Gasteiger partial charge in [0.25, 0.3) is 0 Å². The molecule has 3 unspecified atom stereocenters. The Bertz CT molecular complexity index is 1300. The van der Waals surface area contributed by atoms with Crippen LogP contribution in [0.4, 0.5) is 24.8 Å². The first-order chi connectivity index (χ1) is 16.2. The van der Waals surface area contributed by atoms with Crippen LogP contribution in [0.5, 0.6) is 0 Å². The molecule has 4 aromatic rings. The van der Waals surface area contributed by atoms with E-state index < -0.39 is 11.9 Å². The molecule has 0 aromatic carbocycles. The zero-order chi connectivity index (χ0) is 24.0. The maximum atomic E-state index is 13.3. The number of alkyl halides is 3. The quantitative estimate of drug-likeness (QED) is 0.416.